The standard InChI is InChI=1S/C13H20O/c1-9-10(14)8-11-12(2,3)6-5-7-13(9,11)4/h5,7-10,14H,6H2,1-4H3. The molecule has 0 spiro atoms. The summed E-state index contributed by atoms with van der Waals surface area (Å²) in [5.41, 5.74) is 1.73. The van der Waals surface area contributed by atoms with Crippen LogP contribution in [0.15, 0.2) is 23.8 Å². The molecule has 0 aromatic carbocycles. The van der Waals surface area contributed by atoms with Gasteiger partial charge in [0.25, 0.3) is 0 Å². The molecule has 0 fully saturated rings. The van der Waals surface area contributed by atoms with Crippen LogP contribution >= 0.6 is 0 Å². The molecule has 0 saturated heterocycles. The number of aliphatic hydroxyl groups is 1. The zero-order chi connectivity index (χ0) is 10.6. The first-order valence-electron chi connectivity index (χ1n) is 5.46. The minimum absolute atomic E-state index is 0.0845. The molecule has 1 nitrogen and oxygen atoms in total. The van der Waals surface area contributed by atoms with E-state index < -0.39 is 0 Å². The Balaban J connectivity index is 2.51. The third kappa shape index (κ3) is 1.12. The fraction of sp³-hybridized carbons (Fsp3) is 0.692. The second kappa shape index (κ2) is 2.73. The SMILES string of the molecule is CC1C(O)C=C2C(C)(C)CC=CC21C. The number of allylic oxidation sites excluding steroid dienone is 3. The van der Waals surface area contributed by atoms with Gasteiger partial charge in [-0.15, -0.1) is 0 Å². The highest BCUT2D eigenvalue weighted by molar-refractivity contribution is 5.38. The van der Waals surface area contributed by atoms with Crippen molar-refractivity contribution in [1.82, 2.24) is 0 Å². The van der Waals surface area contributed by atoms with Crippen LogP contribution in [0.1, 0.15) is 34.1 Å². The van der Waals surface area contributed by atoms with Crippen molar-refractivity contribution in [3.8, 4) is 0 Å². The van der Waals surface area contributed by atoms with Crippen molar-refractivity contribution in [2.75, 3.05) is 0 Å². The molecular formula is C13H20O. The average Bonchev–Trinajstić information content (AvgIpc) is 2.30. The minimum atomic E-state index is -0.267. The molecule has 1 heteroatoms. The van der Waals surface area contributed by atoms with Crippen LogP contribution in [0, 0.1) is 16.7 Å². The van der Waals surface area contributed by atoms with E-state index in [1.165, 1.54) is 5.57 Å². The lowest BCUT2D eigenvalue weighted by atomic mass is 9.62. The maximum atomic E-state index is 9.92. The molecule has 0 heterocycles. The van der Waals surface area contributed by atoms with Gasteiger partial charge in [0, 0.05) is 5.41 Å². The maximum absolute atomic E-state index is 9.92. The van der Waals surface area contributed by atoms with Crippen molar-refractivity contribution in [1.29, 1.82) is 0 Å². The number of fused-ring (bicyclic) bond motifs is 1. The molecule has 2 aliphatic rings. The van der Waals surface area contributed by atoms with Gasteiger partial charge in [0.1, 0.15) is 0 Å². The largest absolute Gasteiger partial charge is 0.389 e. The molecule has 78 valence electrons. The molecule has 0 bridgehead atoms. The van der Waals surface area contributed by atoms with Gasteiger partial charge in [-0.25, -0.2) is 0 Å². The molecule has 0 saturated carbocycles. The van der Waals surface area contributed by atoms with Crippen LogP contribution in [-0.2, 0) is 0 Å². The molecule has 2 rings (SSSR count). The molecule has 0 radical (unpaired) electrons. The van der Waals surface area contributed by atoms with Crippen molar-refractivity contribution in [2.24, 2.45) is 16.7 Å². The van der Waals surface area contributed by atoms with Gasteiger partial charge in [0.15, 0.2) is 0 Å². The lowest BCUT2D eigenvalue weighted by Gasteiger charge is -2.42. The van der Waals surface area contributed by atoms with E-state index in [1.807, 2.05) is 0 Å². The first kappa shape index (κ1) is 9.97. The van der Waals surface area contributed by atoms with Crippen LogP contribution in [0.25, 0.3) is 0 Å². The summed E-state index contributed by atoms with van der Waals surface area (Å²) in [4.78, 5) is 0. The van der Waals surface area contributed by atoms with E-state index >= 15 is 0 Å². The van der Waals surface area contributed by atoms with Crippen LogP contribution in [0.3, 0.4) is 0 Å². The minimum Gasteiger partial charge on any atom is -0.389 e. The van der Waals surface area contributed by atoms with Crippen molar-refractivity contribution >= 4 is 0 Å². The summed E-state index contributed by atoms with van der Waals surface area (Å²) in [7, 11) is 0. The van der Waals surface area contributed by atoms with E-state index in [1.54, 1.807) is 0 Å². The van der Waals surface area contributed by atoms with E-state index in [0.29, 0.717) is 5.92 Å². The van der Waals surface area contributed by atoms with Gasteiger partial charge < -0.3 is 5.11 Å². The summed E-state index contributed by atoms with van der Waals surface area (Å²) < 4.78 is 0. The number of rotatable bonds is 0. The maximum Gasteiger partial charge on any atom is 0.0760 e. The van der Waals surface area contributed by atoms with Crippen LogP contribution in [0.2, 0.25) is 0 Å². The fourth-order valence-electron chi connectivity index (χ4n) is 3.00. The van der Waals surface area contributed by atoms with E-state index in [2.05, 4.69) is 45.9 Å². The van der Waals surface area contributed by atoms with Gasteiger partial charge in [-0.1, -0.05) is 51.5 Å². The summed E-state index contributed by atoms with van der Waals surface area (Å²) in [5.74, 6) is 0.313. The molecule has 0 aromatic rings. The van der Waals surface area contributed by atoms with Crippen LogP contribution < -0.4 is 0 Å². The molecular weight excluding hydrogens is 172 g/mol. The Hall–Kier alpha value is -0.560. The third-order valence-corrected chi connectivity index (χ3v) is 4.20. The monoisotopic (exact) mass is 192 g/mol. The highest BCUT2D eigenvalue weighted by atomic mass is 16.3. The third-order valence-electron chi connectivity index (χ3n) is 4.20. The van der Waals surface area contributed by atoms with Crippen LogP contribution in [0.5, 0.6) is 0 Å². The zero-order valence-electron chi connectivity index (χ0n) is 9.54. The Morgan fingerprint density at radius 1 is 1.36 bits per heavy atom. The Morgan fingerprint density at radius 3 is 2.57 bits per heavy atom. The molecule has 0 aliphatic heterocycles. The van der Waals surface area contributed by atoms with E-state index in [9.17, 15) is 5.11 Å². The Labute approximate surface area is 86.5 Å². The molecule has 0 aromatic heterocycles. The average molecular weight is 192 g/mol. The normalized spacial score (nSPS) is 44.8. The van der Waals surface area contributed by atoms with E-state index in [0.717, 1.165) is 6.42 Å². The van der Waals surface area contributed by atoms with Crippen molar-refractivity contribution < 1.29 is 5.11 Å². The van der Waals surface area contributed by atoms with E-state index in [-0.39, 0.29) is 16.9 Å². The van der Waals surface area contributed by atoms with Gasteiger partial charge in [-0.3, -0.25) is 0 Å². The molecule has 3 atom stereocenters. The fourth-order valence-corrected chi connectivity index (χ4v) is 3.00. The van der Waals surface area contributed by atoms with Crippen molar-refractivity contribution in [3.05, 3.63) is 23.8 Å². The topological polar surface area (TPSA) is 20.2 Å². The van der Waals surface area contributed by atoms with Gasteiger partial charge in [0.05, 0.1) is 6.10 Å². The quantitative estimate of drug-likeness (QED) is 0.585. The molecule has 14 heavy (non-hydrogen) atoms. The first-order chi connectivity index (χ1) is 6.38. The predicted molar refractivity (Wildman–Crippen MR) is 58.9 cm³/mol. The molecule has 2 aliphatic carbocycles. The number of aliphatic hydroxyl groups excluding tert-OH is 1. The summed E-state index contributed by atoms with van der Waals surface area (Å²) in [6.07, 6.45) is 7.45. The smallest absolute Gasteiger partial charge is 0.0760 e. The first-order valence-corrected chi connectivity index (χ1v) is 5.46. The van der Waals surface area contributed by atoms with Crippen LogP contribution in [0.4, 0.5) is 0 Å². The highest BCUT2D eigenvalue weighted by Crippen LogP contribution is 2.55. The lowest BCUT2D eigenvalue weighted by Crippen LogP contribution is -2.34. The van der Waals surface area contributed by atoms with Gasteiger partial charge >= 0.3 is 0 Å². The number of hydrogen-bond donors (Lipinski definition) is 1. The molecule has 0 amide bonds. The molecule has 1 N–H and O–H groups in total. The lowest BCUT2D eigenvalue weighted by molar-refractivity contribution is 0.126. The van der Waals surface area contributed by atoms with Crippen molar-refractivity contribution in [2.45, 2.75) is 40.2 Å². The van der Waals surface area contributed by atoms with Crippen LogP contribution in [-0.4, -0.2) is 11.2 Å². The Kier molecular flexibility index (Phi) is 1.94. The summed E-state index contributed by atoms with van der Waals surface area (Å²) >= 11 is 0. The van der Waals surface area contributed by atoms with Gasteiger partial charge in [-0.2, -0.15) is 0 Å². The van der Waals surface area contributed by atoms with Crippen molar-refractivity contribution in [3.63, 3.8) is 0 Å². The highest BCUT2D eigenvalue weighted by Gasteiger charge is 2.48. The van der Waals surface area contributed by atoms with E-state index in [4.69, 9.17) is 0 Å². The summed E-state index contributed by atoms with van der Waals surface area (Å²) in [5, 5.41) is 9.92. The number of hydrogen-bond acceptors (Lipinski definition) is 1. The summed E-state index contributed by atoms with van der Waals surface area (Å²) in [6, 6.07) is 0. The zero-order valence-corrected chi connectivity index (χ0v) is 9.54. The van der Waals surface area contributed by atoms with Gasteiger partial charge in [0.2, 0.25) is 0 Å². The second-order valence-corrected chi connectivity index (χ2v) is 5.63. The second-order valence-electron chi connectivity index (χ2n) is 5.63. The summed E-state index contributed by atoms with van der Waals surface area (Å²) in [6.45, 7) is 8.92. The van der Waals surface area contributed by atoms with Gasteiger partial charge in [-0.05, 0) is 17.8 Å². The predicted octanol–water partition coefficient (Wildman–Crippen LogP) is 2.92. The Morgan fingerprint density at radius 2 is 2.00 bits per heavy atom. The Bertz CT molecular complexity index is 311. The molecule has 3 unspecified atom stereocenters.